The van der Waals surface area contributed by atoms with Gasteiger partial charge < -0.3 is 19.9 Å². The van der Waals surface area contributed by atoms with Crippen molar-refractivity contribution in [3.05, 3.63) is 54.2 Å². The average Bonchev–Trinajstić information content (AvgIpc) is 2.76. The second-order valence-electron chi connectivity index (χ2n) is 6.88. The molecule has 0 atom stereocenters. The summed E-state index contributed by atoms with van der Waals surface area (Å²) in [5, 5.41) is 3.51. The van der Waals surface area contributed by atoms with Crippen LogP contribution in [-0.2, 0) is 6.42 Å². The third-order valence-electron chi connectivity index (χ3n) is 4.83. The van der Waals surface area contributed by atoms with E-state index in [4.69, 9.17) is 4.74 Å². The molecule has 0 radical (unpaired) electrons. The van der Waals surface area contributed by atoms with Gasteiger partial charge in [-0.1, -0.05) is 25.1 Å². The number of hydrogen-bond donors (Lipinski definition) is 1. The van der Waals surface area contributed by atoms with E-state index in [0.29, 0.717) is 0 Å². The molecule has 6 nitrogen and oxygen atoms in total. The lowest BCUT2D eigenvalue weighted by atomic mass is 10.1. The summed E-state index contributed by atoms with van der Waals surface area (Å²) in [4.78, 5) is 13.6. The maximum Gasteiger partial charge on any atom is 0.193 e. The number of ether oxygens (including phenoxy) is 1. The van der Waals surface area contributed by atoms with Gasteiger partial charge in [0.15, 0.2) is 5.96 Å². The highest BCUT2D eigenvalue weighted by Gasteiger charge is 2.20. The Kier molecular flexibility index (Phi) is 10.0. The Bertz CT molecular complexity index is 748. The van der Waals surface area contributed by atoms with E-state index >= 15 is 0 Å². The normalized spacial score (nSPS) is 14.3. The minimum Gasteiger partial charge on any atom is -0.494 e. The van der Waals surface area contributed by atoms with E-state index < -0.39 is 0 Å². The fourth-order valence-corrected chi connectivity index (χ4v) is 3.35. The Balaban J connectivity index is 0.00000300. The number of aromatic nitrogens is 1. The summed E-state index contributed by atoms with van der Waals surface area (Å²) < 4.78 is 5.72. The predicted octanol–water partition coefficient (Wildman–Crippen LogP) is 3.43. The molecule has 29 heavy (non-hydrogen) atoms. The molecule has 1 N–H and O–H groups in total. The average molecular weight is 509 g/mol. The van der Waals surface area contributed by atoms with E-state index in [9.17, 15) is 0 Å². The molecule has 0 bridgehead atoms. The van der Waals surface area contributed by atoms with Gasteiger partial charge in [-0.2, -0.15) is 0 Å². The van der Waals surface area contributed by atoms with Crippen LogP contribution >= 0.6 is 24.0 Å². The molecule has 2 aromatic rings. The van der Waals surface area contributed by atoms with E-state index in [0.717, 1.165) is 69.7 Å². The van der Waals surface area contributed by atoms with E-state index in [1.165, 1.54) is 5.56 Å². The van der Waals surface area contributed by atoms with Crippen molar-refractivity contribution < 1.29 is 4.74 Å². The van der Waals surface area contributed by atoms with Gasteiger partial charge in [0.05, 0.1) is 6.61 Å². The number of halogens is 1. The maximum absolute atomic E-state index is 5.72. The number of pyridine rings is 1. The number of nitrogens with one attached hydrogen (secondary N) is 1. The molecule has 0 spiro atoms. The highest BCUT2D eigenvalue weighted by Crippen LogP contribution is 2.14. The van der Waals surface area contributed by atoms with Crippen LogP contribution < -0.4 is 15.0 Å². The number of nitrogens with zero attached hydrogens (tertiary/aromatic N) is 4. The lowest BCUT2D eigenvalue weighted by Gasteiger charge is -2.37. The lowest BCUT2D eigenvalue weighted by Crippen LogP contribution is -2.53. The molecule has 0 aliphatic carbocycles. The van der Waals surface area contributed by atoms with E-state index in [1.807, 2.05) is 31.4 Å². The van der Waals surface area contributed by atoms with Gasteiger partial charge in [-0.25, -0.2) is 4.98 Å². The van der Waals surface area contributed by atoms with Gasteiger partial charge >= 0.3 is 0 Å². The van der Waals surface area contributed by atoms with Gasteiger partial charge in [0, 0.05) is 46.0 Å². The van der Waals surface area contributed by atoms with Crippen molar-refractivity contribution in [3.63, 3.8) is 0 Å². The zero-order chi connectivity index (χ0) is 19.6. The molecule has 7 heteroatoms. The Hall–Kier alpha value is -2.03. The Morgan fingerprint density at radius 1 is 1.14 bits per heavy atom. The van der Waals surface area contributed by atoms with Gasteiger partial charge in [0.25, 0.3) is 0 Å². The Morgan fingerprint density at radius 3 is 2.66 bits per heavy atom. The molecule has 0 unspecified atom stereocenters. The summed E-state index contributed by atoms with van der Waals surface area (Å²) in [5.41, 5.74) is 1.27. The van der Waals surface area contributed by atoms with Crippen molar-refractivity contribution in [2.45, 2.75) is 19.8 Å². The third kappa shape index (κ3) is 7.06. The van der Waals surface area contributed by atoms with Gasteiger partial charge in [-0.05, 0) is 42.7 Å². The third-order valence-corrected chi connectivity index (χ3v) is 4.83. The molecule has 1 fully saturated rings. The van der Waals surface area contributed by atoms with Gasteiger partial charge in [-0.15, -0.1) is 24.0 Å². The number of benzene rings is 1. The zero-order valence-electron chi connectivity index (χ0n) is 17.4. The van der Waals surface area contributed by atoms with Crippen LogP contribution in [0.15, 0.2) is 53.7 Å². The fourth-order valence-electron chi connectivity index (χ4n) is 3.35. The number of guanidine groups is 1. The largest absolute Gasteiger partial charge is 0.494 e. The Labute approximate surface area is 191 Å². The second kappa shape index (κ2) is 12.5. The van der Waals surface area contributed by atoms with Crippen molar-refractivity contribution in [3.8, 4) is 5.75 Å². The topological polar surface area (TPSA) is 53.0 Å². The van der Waals surface area contributed by atoms with Crippen LogP contribution in [0.5, 0.6) is 5.75 Å². The van der Waals surface area contributed by atoms with Crippen LogP contribution in [0, 0.1) is 0 Å². The number of rotatable bonds is 7. The molecule has 1 aromatic carbocycles. The molecule has 3 rings (SSSR count). The van der Waals surface area contributed by atoms with Gasteiger partial charge in [0.2, 0.25) is 0 Å². The van der Waals surface area contributed by atoms with Gasteiger partial charge in [0.1, 0.15) is 11.6 Å². The standard InChI is InChI=1S/C22H31N5O.HI/c1-3-17-28-20-8-6-7-19(18-20)10-12-25-22(23-2)27-15-13-26(14-16-27)21-9-4-5-11-24-21;/h4-9,11,18H,3,10,12-17H2,1-2H3,(H,23,25);1H. The van der Waals surface area contributed by atoms with Crippen molar-refractivity contribution in [2.24, 2.45) is 4.99 Å². The quantitative estimate of drug-likeness (QED) is 0.352. The second-order valence-corrected chi connectivity index (χ2v) is 6.88. The summed E-state index contributed by atoms with van der Waals surface area (Å²) in [6.45, 7) is 7.52. The molecular formula is C22H32IN5O. The first-order valence-corrected chi connectivity index (χ1v) is 10.1. The summed E-state index contributed by atoms with van der Waals surface area (Å²) in [5.74, 6) is 2.98. The lowest BCUT2D eigenvalue weighted by molar-refractivity contribution is 0.317. The van der Waals surface area contributed by atoms with Crippen molar-refractivity contribution in [2.75, 3.05) is 51.3 Å². The van der Waals surface area contributed by atoms with E-state index in [-0.39, 0.29) is 24.0 Å². The molecule has 1 aromatic heterocycles. The van der Waals surface area contributed by atoms with Crippen LogP contribution in [0.2, 0.25) is 0 Å². The number of anilines is 1. The first-order chi connectivity index (χ1) is 13.8. The summed E-state index contributed by atoms with van der Waals surface area (Å²) in [7, 11) is 1.85. The van der Waals surface area contributed by atoms with Crippen molar-refractivity contribution >= 4 is 35.8 Å². The minimum absolute atomic E-state index is 0. The molecule has 1 saturated heterocycles. The summed E-state index contributed by atoms with van der Waals surface area (Å²) in [6, 6.07) is 14.4. The van der Waals surface area contributed by atoms with Crippen LogP contribution in [0.1, 0.15) is 18.9 Å². The number of piperazine rings is 1. The minimum atomic E-state index is 0. The monoisotopic (exact) mass is 509 g/mol. The van der Waals surface area contributed by atoms with Crippen LogP contribution in [0.3, 0.4) is 0 Å². The number of aliphatic imine (C=N–C) groups is 1. The smallest absolute Gasteiger partial charge is 0.193 e. The first kappa shape index (κ1) is 23.3. The van der Waals surface area contributed by atoms with E-state index in [2.05, 4.69) is 56.3 Å². The Morgan fingerprint density at radius 2 is 1.97 bits per heavy atom. The first-order valence-electron chi connectivity index (χ1n) is 10.1. The van der Waals surface area contributed by atoms with Gasteiger partial charge in [-0.3, -0.25) is 4.99 Å². The highest BCUT2D eigenvalue weighted by atomic mass is 127. The van der Waals surface area contributed by atoms with E-state index in [1.54, 1.807) is 0 Å². The fraction of sp³-hybridized carbons (Fsp3) is 0.455. The van der Waals surface area contributed by atoms with Crippen LogP contribution in [0.25, 0.3) is 0 Å². The molecular weight excluding hydrogens is 477 g/mol. The highest BCUT2D eigenvalue weighted by molar-refractivity contribution is 14.0. The molecule has 0 saturated carbocycles. The number of hydrogen-bond acceptors (Lipinski definition) is 4. The SMILES string of the molecule is CCCOc1cccc(CCNC(=NC)N2CCN(c3ccccn3)CC2)c1.I. The maximum atomic E-state index is 5.72. The molecule has 1 aliphatic rings. The molecule has 2 heterocycles. The van der Waals surface area contributed by atoms with Crippen molar-refractivity contribution in [1.82, 2.24) is 15.2 Å². The van der Waals surface area contributed by atoms with Crippen LogP contribution in [0.4, 0.5) is 5.82 Å². The summed E-state index contributed by atoms with van der Waals surface area (Å²) in [6.07, 6.45) is 3.82. The molecule has 1 aliphatic heterocycles. The zero-order valence-corrected chi connectivity index (χ0v) is 19.7. The van der Waals surface area contributed by atoms with Crippen LogP contribution in [-0.4, -0.2) is 62.2 Å². The molecule has 0 amide bonds. The summed E-state index contributed by atoms with van der Waals surface area (Å²) >= 11 is 0. The predicted molar refractivity (Wildman–Crippen MR) is 131 cm³/mol. The molecule has 158 valence electrons. The van der Waals surface area contributed by atoms with Crippen molar-refractivity contribution in [1.29, 1.82) is 0 Å².